The van der Waals surface area contributed by atoms with Crippen molar-refractivity contribution in [1.82, 2.24) is 5.01 Å². The summed E-state index contributed by atoms with van der Waals surface area (Å²) in [5, 5.41) is 6.77. The first-order chi connectivity index (χ1) is 12.3. The van der Waals surface area contributed by atoms with Crippen LogP contribution in [0, 0.1) is 0 Å². The number of quaternary nitrogens is 1. The second-order valence-corrected chi connectivity index (χ2v) is 6.19. The van der Waals surface area contributed by atoms with Crippen molar-refractivity contribution in [3.8, 4) is 11.5 Å². The summed E-state index contributed by atoms with van der Waals surface area (Å²) in [5.41, 5.74) is 2.33. The molecule has 1 fully saturated rings. The van der Waals surface area contributed by atoms with E-state index in [0.717, 1.165) is 49.8 Å². The third kappa shape index (κ3) is 4.51. The van der Waals surface area contributed by atoms with Crippen LogP contribution in [0.5, 0.6) is 11.5 Å². The van der Waals surface area contributed by atoms with Gasteiger partial charge in [-0.3, -0.25) is 5.01 Å². The van der Waals surface area contributed by atoms with E-state index in [-0.39, 0.29) is 0 Å². The highest BCUT2D eigenvalue weighted by Crippen LogP contribution is 2.29. The van der Waals surface area contributed by atoms with E-state index in [1.165, 1.54) is 5.56 Å². The number of hydrazone groups is 1. The molecule has 0 radical (unpaired) electrons. The van der Waals surface area contributed by atoms with Gasteiger partial charge < -0.3 is 14.4 Å². The Labute approximate surface area is 149 Å². The van der Waals surface area contributed by atoms with Crippen molar-refractivity contribution in [2.24, 2.45) is 5.10 Å². The van der Waals surface area contributed by atoms with Crippen LogP contribution in [0.1, 0.15) is 11.1 Å². The molecule has 0 atom stereocenters. The zero-order chi connectivity index (χ0) is 17.5. The Morgan fingerprint density at radius 1 is 1.00 bits per heavy atom. The molecule has 1 heterocycles. The molecular formula is C20H26N3O2+. The number of hydrogen-bond acceptors (Lipinski definition) is 4. The number of ether oxygens (including phenoxy) is 2. The summed E-state index contributed by atoms with van der Waals surface area (Å²) in [6.07, 6.45) is 1.86. The van der Waals surface area contributed by atoms with Gasteiger partial charge in [-0.1, -0.05) is 36.4 Å². The van der Waals surface area contributed by atoms with Crippen LogP contribution in [0.4, 0.5) is 0 Å². The Morgan fingerprint density at radius 2 is 1.76 bits per heavy atom. The van der Waals surface area contributed by atoms with Gasteiger partial charge in [0, 0.05) is 11.1 Å². The lowest BCUT2D eigenvalue weighted by Crippen LogP contribution is -3.13. The van der Waals surface area contributed by atoms with E-state index in [0.29, 0.717) is 0 Å². The Hall–Kier alpha value is -2.53. The number of methoxy groups -OCH3 is 2. The number of nitrogens with one attached hydrogen (secondary N) is 1. The van der Waals surface area contributed by atoms with Crippen LogP contribution in [0.15, 0.2) is 53.6 Å². The summed E-state index contributed by atoms with van der Waals surface area (Å²) >= 11 is 0. The largest absolute Gasteiger partial charge is 0.493 e. The zero-order valence-corrected chi connectivity index (χ0v) is 14.9. The highest BCUT2D eigenvalue weighted by Gasteiger charge is 2.18. The van der Waals surface area contributed by atoms with Gasteiger partial charge in [0.25, 0.3) is 0 Å². The molecule has 5 nitrogen and oxygen atoms in total. The van der Waals surface area contributed by atoms with E-state index in [2.05, 4.69) is 40.4 Å². The van der Waals surface area contributed by atoms with E-state index in [1.807, 2.05) is 24.4 Å². The summed E-state index contributed by atoms with van der Waals surface area (Å²) in [5.74, 6) is 1.45. The Bertz CT molecular complexity index is 695. The predicted octanol–water partition coefficient (Wildman–Crippen LogP) is 1.44. The van der Waals surface area contributed by atoms with Gasteiger partial charge in [-0.2, -0.15) is 5.10 Å². The average molecular weight is 340 g/mol. The Balaban J connectivity index is 1.56. The van der Waals surface area contributed by atoms with Crippen molar-refractivity contribution in [3.05, 3.63) is 59.7 Å². The molecule has 2 aromatic rings. The van der Waals surface area contributed by atoms with Crippen LogP contribution in [0.25, 0.3) is 0 Å². The van der Waals surface area contributed by atoms with Crippen molar-refractivity contribution in [2.75, 3.05) is 40.4 Å². The normalized spacial score (nSPS) is 15.5. The third-order valence-electron chi connectivity index (χ3n) is 4.54. The fourth-order valence-corrected chi connectivity index (χ4v) is 3.15. The van der Waals surface area contributed by atoms with Gasteiger partial charge in [0.15, 0.2) is 11.5 Å². The maximum absolute atomic E-state index is 5.45. The van der Waals surface area contributed by atoms with Crippen molar-refractivity contribution in [1.29, 1.82) is 0 Å². The fraction of sp³-hybridized carbons (Fsp3) is 0.350. The van der Waals surface area contributed by atoms with E-state index >= 15 is 0 Å². The molecule has 0 spiro atoms. The molecule has 1 N–H and O–H groups in total. The molecule has 0 aliphatic carbocycles. The number of hydrogen-bond donors (Lipinski definition) is 1. The highest BCUT2D eigenvalue weighted by atomic mass is 16.5. The van der Waals surface area contributed by atoms with Crippen molar-refractivity contribution in [2.45, 2.75) is 6.54 Å². The molecule has 0 saturated carbocycles. The second-order valence-electron chi connectivity index (χ2n) is 6.19. The maximum Gasteiger partial charge on any atom is 0.169 e. The highest BCUT2D eigenvalue weighted by molar-refractivity contribution is 5.84. The molecule has 2 aromatic carbocycles. The first kappa shape index (κ1) is 17.3. The predicted molar refractivity (Wildman–Crippen MR) is 99.6 cm³/mol. The minimum absolute atomic E-state index is 0.724. The van der Waals surface area contributed by atoms with E-state index in [4.69, 9.17) is 9.47 Å². The van der Waals surface area contributed by atoms with E-state index in [1.54, 1.807) is 19.1 Å². The maximum atomic E-state index is 5.45. The number of benzene rings is 2. The lowest BCUT2D eigenvalue weighted by atomic mass is 10.2. The number of nitrogens with zero attached hydrogens (tertiary/aromatic N) is 2. The summed E-state index contributed by atoms with van der Waals surface area (Å²) in [6, 6.07) is 16.5. The van der Waals surface area contributed by atoms with Gasteiger partial charge in [-0.25, -0.2) is 0 Å². The molecule has 132 valence electrons. The number of rotatable bonds is 6. The molecule has 0 bridgehead atoms. The topological polar surface area (TPSA) is 38.5 Å². The summed E-state index contributed by atoms with van der Waals surface area (Å²) in [6.45, 7) is 5.21. The molecule has 3 rings (SSSR count). The quantitative estimate of drug-likeness (QED) is 0.809. The van der Waals surface area contributed by atoms with Crippen LogP contribution in [-0.4, -0.2) is 51.6 Å². The Morgan fingerprint density at radius 3 is 2.44 bits per heavy atom. The minimum atomic E-state index is 0.724. The van der Waals surface area contributed by atoms with Crippen LogP contribution in [0.3, 0.4) is 0 Å². The van der Waals surface area contributed by atoms with Gasteiger partial charge in [-0.15, -0.1) is 0 Å². The molecule has 0 aromatic heterocycles. The first-order valence-corrected chi connectivity index (χ1v) is 8.67. The van der Waals surface area contributed by atoms with Crippen molar-refractivity contribution < 1.29 is 14.4 Å². The van der Waals surface area contributed by atoms with Gasteiger partial charge >= 0.3 is 0 Å². The van der Waals surface area contributed by atoms with E-state index in [9.17, 15) is 0 Å². The monoisotopic (exact) mass is 340 g/mol. The van der Waals surface area contributed by atoms with Crippen LogP contribution < -0.4 is 14.4 Å². The second kappa shape index (κ2) is 8.53. The summed E-state index contributed by atoms with van der Waals surface area (Å²) in [7, 11) is 3.30. The molecule has 0 amide bonds. The third-order valence-corrected chi connectivity index (χ3v) is 4.54. The SMILES string of the molecule is COc1cccc(/C=N\N2CC[NH+](Cc3ccccc3)CC2)c1OC. The van der Waals surface area contributed by atoms with Gasteiger partial charge in [0.05, 0.1) is 46.6 Å². The van der Waals surface area contributed by atoms with Crippen LogP contribution in [0.2, 0.25) is 0 Å². The van der Waals surface area contributed by atoms with Crippen LogP contribution in [-0.2, 0) is 6.54 Å². The minimum Gasteiger partial charge on any atom is -0.493 e. The van der Waals surface area contributed by atoms with Gasteiger partial charge in [0.2, 0.25) is 0 Å². The van der Waals surface area contributed by atoms with Crippen molar-refractivity contribution in [3.63, 3.8) is 0 Å². The molecule has 25 heavy (non-hydrogen) atoms. The van der Waals surface area contributed by atoms with Gasteiger partial charge in [-0.05, 0) is 12.1 Å². The molecule has 0 unspecified atom stereocenters. The van der Waals surface area contributed by atoms with Crippen LogP contribution >= 0.6 is 0 Å². The van der Waals surface area contributed by atoms with Gasteiger partial charge in [0.1, 0.15) is 6.54 Å². The summed E-state index contributed by atoms with van der Waals surface area (Å²) < 4.78 is 10.8. The number of para-hydroxylation sites is 1. The first-order valence-electron chi connectivity index (χ1n) is 8.67. The molecular weight excluding hydrogens is 314 g/mol. The van der Waals surface area contributed by atoms with Crippen molar-refractivity contribution >= 4 is 6.21 Å². The molecule has 1 aliphatic heterocycles. The standard InChI is InChI=1S/C20H25N3O2/c1-24-19-10-6-9-18(20(19)25-2)15-21-23-13-11-22(12-14-23)16-17-7-4-3-5-8-17/h3-10,15H,11-14,16H2,1-2H3/p+1/b21-15-. The number of piperazine rings is 1. The lowest BCUT2D eigenvalue weighted by molar-refractivity contribution is -0.918. The smallest absolute Gasteiger partial charge is 0.169 e. The zero-order valence-electron chi connectivity index (χ0n) is 14.9. The summed E-state index contributed by atoms with van der Waals surface area (Å²) in [4.78, 5) is 1.61. The molecule has 1 aliphatic rings. The van der Waals surface area contributed by atoms with E-state index < -0.39 is 0 Å². The Kier molecular flexibility index (Phi) is 5.90. The average Bonchev–Trinajstić information content (AvgIpc) is 2.67. The fourth-order valence-electron chi connectivity index (χ4n) is 3.15. The molecule has 1 saturated heterocycles. The molecule has 5 heteroatoms. The lowest BCUT2D eigenvalue weighted by Gasteiger charge is -2.30.